The molecule has 2 rings (SSSR count). The maximum Gasteiger partial charge on any atom is 0.292 e. The Morgan fingerprint density at radius 1 is 1.50 bits per heavy atom. The Balaban J connectivity index is 2.08. The van der Waals surface area contributed by atoms with E-state index in [1.165, 1.54) is 0 Å². The zero-order valence-electron chi connectivity index (χ0n) is 6.92. The summed E-state index contributed by atoms with van der Waals surface area (Å²) in [7, 11) is 0. The SMILES string of the molecule is Nc1nc(C2CCNCC2)co1. The summed E-state index contributed by atoms with van der Waals surface area (Å²) in [5, 5.41) is 3.30. The molecular formula is C8H13N3O. The number of oxazole rings is 1. The Labute approximate surface area is 71.2 Å². The van der Waals surface area contributed by atoms with E-state index >= 15 is 0 Å². The average molecular weight is 167 g/mol. The van der Waals surface area contributed by atoms with Crippen LogP contribution in [0.5, 0.6) is 0 Å². The standard InChI is InChI=1S/C8H13N3O/c9-8-11-7(5-12-8)6-1-3-10-4-2-6/h5-6,10H,1-4H2,(H2,9,11). The third kappa shape index (κ3) is 1.43. The average Bonchev–Trinajstić information content (AvgIpc) is 2.54. The molecule has 0 amide bonds. The van der Waals surface area contributed by atoms with Gasteiger partial charge in [-0.3, -0.25) is 0 Å². The molecule has 12 heavy (non-hydrogen) atoms. The van der Waals surface area contributed by atoms with Gasteiger partial charge < -0.3 is 15.5 Å². The summed E-state index contributed by atoms with van der Waals surface area (Å²) >= 11 is 0. The molecule has 0 aliphatic carbocycles. The van der Waals surface area contributed by atoms with Crippen LogP contribution in [0.1, 0.15) is 24.5 Å². The molecule has 4 nitrogen and oxygen atoms in total. The number of nitrogens with one attached hydrogen (secondary N) is 1. The third-order valence-electron chi connectivity index (χ3n) is 2.30. The lowest BCUT2D eigenvalue weighted by Gasteiger charge is -2.19. The number of nitrogen functional groups attached to an aromatic ring is 1. The number of anilines is 1. The van der Waals surface area contributed by atoms with E-state index in [-0.39, 0.29) is 6.01 Å². The number of hydrogen-bond donors (Lipinski definition) is 2. The van der Waals surface area contributed by atoms with Gasteiger partial charge >= 0.3 is 0 Å². The Hall–Kier alpha value is -1.03. The minimum absolute atomic E-state index is 0.281. The van der Waals surface area contributed by atoms with Gasteiger partial charge in [0.1, 0.15) is 6.26 Å². The van der Waals surface area contributed by atoms with E-state index in [4.69, 9.17) is 10.2 Å². The van der Waals surface area contributed by atoms with Crippen molar-refractivity contribution in [2.75, 3.05) is 18.8 Å². The highest BCUT2D eigenvalue weighted by Crippen LogP contribution is 2.24. The van der Waals surface area contributed by atoms with Crippen molar-refractivity contribution < 1.29 is 4.42 Å². The minimum Gasteiger partial charge on any atom is -0.432 e. The summed E-state index contributed by atoms with van der Waals surface area (Å²) < 4.78 is 4.96. The van der Waals surface area contributed by atoms with Gasteiger partial charge in [-0.25, -0.2) is 0 Å². The number of aromatic nitrogens is 1. The summed E-state index contributed by atoms with van der Waals surface area (Å²) in [6.07, 6.45) is 3.93. The normalized spacial score (nSPS) is 19.7. The first kappa shape index (κ1) is 7.61. The molecule has 4 heteroatoms. The molecule has 0 saturated carbocycles. The van der Waals surface area contributed by atoms with Gasteiger partial charge in [0.05, 0.1) is 5.69 Å². The lowest BCUT2D eigenvalue weighted by Crippen LogP contribution is -2.26. The molecule has 3 N–H and O–H groups in total. The predicted molar refractivity (Wildman–Crippen MR) is 45.8 cm³/mol. The zero-order chi connectivity index (χ0) is 8.39. The van der Waals surface area contributed by atoms with Crippen LogP contribution in [0.15, 0.2) is 10.7 Å². The molecule has 0 radical (unpaired) electrons. The van der Waals surface area contributed by atoms with Crippen LogP contribution in [0.25, 0.3) is 0 Å². The van der Waals surface area contributed by atoms with Crippen molar-refractivity contribution in [1.82, 2.24) is 10.3 Å². The van der Waals surface area contributed by atoms with E-state index in [0.29, 0.717) is 5.92 Å². The van der Waals surface area contributed by atoms with Gasteiger partial charge in [0.2, 0.25) is 0 Å². The molecule has 66 valence electrons. The first-order valence-electron chi connectivity index (χ1n) is 4.28. The molecule has 1 aromatic rings. The van der Waals surface area contributed by atoms with Crippen LogP contribution in [-0.2, 0) is 0 Å². The Kier molecular flexibility index (Phi) is 1.99. The molecule has 0 atom stereocenters. The summed E-state index contributed by atoms with van der Waals surface area (Å²) in [6, 6.07) is 0.281. The molecule has 2 heterocycles. The highest BCUT2D eigenvalue weighted by Gasteiger charge is 2.17. The number of nitrogens with two attached hydrogens (primary N) is 1. The van der Waals surface area contributed by atoms with E-state index in [2.05, 4.69) is 10.3 Å². The van der Waals surface area contributed by atoms with Crippen LogP contribution in [0.2, 0.25) is 0 Å². The second-order valence-corrected chi connectivity index (χ2v) is 3.13. The first-order chi connectivity index (χ1) is 5.86. The van der Waals surface area contributed by atoms with Crippen LogP contribution in [0, 0.1) is 0 Å². The van der Waals surface area contributed by atoms with Crippen molar-refractivity contribution in [3.63, 3.8) is 0 Å². The van der Waals surface area contributed by atoms with Crippen molar-refractivity contribution in [2.24, 2.45) is 0 Å². The van der Waals surface area contributed by atoms with Crippen LogP contribution in [-0.4, -0.2) is 18.1 Å². The Morgan fingerprint density at radius 2 is 2.25 bits per heavy atom. The van der Waals surface area contributed by atoms with Crippen molar-refractivity contribution in [1.29, 1.82) is 0 Å². The first-order valence-corrected chi connectivity index (χ1v) is 4.28. The van der Waals surface area contributed by atoms with Crippen LogP contribution < -0.4 is 11.1 Å². The Morgan fingerprint density at radius 3 is 2.83 bits per heavy atom. The van der Waals surface area contributed by atoms with Gasteiger partial charge in [0, 0.05) is 5.92 Å². The largest absolute Gasteiger partial charge is 0.432 e. The quantitative estimate of drug-likeness (QED) is 0.647. The molecule has 1 saturated heterocycles. The molecular weight excluding hydrogens is 154 g/mol. The number of rotatable bonds is 1. The van der Waals surface area contributed by atoms with Gasteiger partial charge in [-0.05, 0) is 25.9 Å². The third-order valence-corrected chi connectivity index (χ3v) is 2.30. The second kappa shape index (κ2) is 3.15. The minimum atomic E-state index is 0.281. The molecule has 0 unspecified atom stereocenters. The fourth-order valence-electron chi connectivity index (χ4n) is 1.61. The smallest absolute Gasteiger partial charge is 0.292 e. The number of piperidine rings is 1. The van der Waals surface area contributed by atoms with Crippen molar-refractivity contribution >= 4 is 6.01 Å². The number of nitrogens with zero attached hydrogens (tertiary/aromatic N) is 1. The summed E-state index contributed by atoms with van der Waals surface area (Å²) in [6.45, 7) is 2.13. The molecule has 0 spiro atoms. The van der Waals surface area contributed by atoms with E-state index in [1.54, 1.807) is 6.26 Å². The van der Waals surface area contributed by atoms with Gasteiger partial charge in [0.15, 0.2) is 0 Å². The van der Waals surface area contributed by atoms with Crippen LogP contribution in [0.3, 0.4) is 0 Å². The maximum atomic E-state index is 5.39. The molecule has 0 aromatic carbocycles. The van der Waals surface area contributed by atoms with E-state index in [9.17, 15) is 0 Å². The molecule has 1 aromatic heterocycles. The molecule has 1 aliphatic rings. The van der Waals surface area contributed by atoms with Crippen LogP contribution in [0.4, 0.5) is 6.01 Å². The summed E-state index contributed by atoms with van der Waals surface area (Å²) in [5.41, 5.74) is 6.40. The predicted octanol–water partition coefficient (Wildman–Crippen LogP) is 0.724. The van der Waals surface area contributed by atoms with Crippen molar-refractivity contribution in [3.8, 4) is 0 Å². The molecule has 1 aliphatic heterocycles. The lowest BCUT2D eigenvalue weighted by atomic mass is 9.95. The monoisotopic (exact) mass is 167 g/mol. The summed E-state index contributed by atoms with van der Waals surface area (Å²) in [4.78, 5) is 4.12. The van der Waals surface area contributed by atoms with Gasteiger partial charge in [-0.2, -0.15) is 4.98 Å². The second-order valence-electron chi connectivity index (χ2n) is 3.13. The zero-order valence-corrected chi connectivity index (χ0v) is 6.92. The highest BCUT2D eigenvalue weighted by atomic mass is 16.4. The summed E-state index contributed by atoms with van der Waals surface area (Å²) in [5.74, 6) is 0.535. The Bertz CT molecular complexity index is 253. The lowest BCUT2D eigenvalue weighted by molar-refractivity contribution is 0.451. The van der Waals surface area contributed by atoms with E-state index in [0.717, 1.165) is 31.6 Å². The van der Waals surface area contributed by atoms with Crippen molar-refractivity contribution in [3.05, 3.63) is 12.0 Å². The van der Waals surface area contributed by atoms with E-state index < -0.39 is 0 Å². The fourth-order valence-corrected chi connectivity index (χ4v) is 1.61. The van der Waals surface area contributed by atoms with Gasteiger partial charge in [-0.1, -0.05) is 0 Å². The number of hydrogen-bond acceptors (Lipinski definition) is 4. The molecule has 0 bridgehead atoms. The highest BCUT2D eigenvalue weighted by molar-refractivity contribution is 5.16. The maximum absolute atomic E-state index is 5.39. The van der Waals surface area contributed by atoms with Crippen molar-refractivity contribution in [2.45, 2.75) is 18.8 Å². The van der Waals surface area contributed by atoms with Gasteiger partial charge in [0.25, 0.3) is 6.01 Å². The molecule has 1 fully saturated rings. The van der Waals surface area contributed by atoms with Crippen LogP contribution >= 0.6 is 0 Å². The van der Waals surface area contributed by atoms with Gasteiger partial charge in [-0.15, -0.1) is 0 Å². The van der Waals surface area contributed by atoms with E-state index in [1.807, 2.05) is 0 Å². The topological polar surface area (TPSA) is 64.1 Å². The fraction of sp³-hybridized carbons (Fsp3) is 0.625.